The van der Waals surface area contributed by atoms with E-state index in [-0.39, 0.29) is 11.6 Å². The van der Waals surface area contributed by atoms with Crippen LogP contribution in [0.4, 0.5) is 38.0 Å². The molecule has 4 N–H and O–H groups in total. The van der Waals surface area contributed by atoms with Crippen LogP contribution in [-0.2, 0) is 45.5 Å². The predicted molar refractivity (Wildman–Crippen MR) is 183 cm³/mol. The number of aliphatic hydroxyl groups is 2. The topological polar surface area (TPSA) is 179 Å². The van der Waals surface area contributed by atoms with Gasteiger partial charge in [0.2, 0.25) is 11.8 Å². The van der Waals surface area contributed by atoms with Gasteiger partial charge in [-0.3, -0.25) is 19.0 Å². The molecule has 4 saturated heterocycles. The van der Waals surface area contributed by atoms with Gasteiger partial charge in [-0.05, 0) is 49.2 Å². The quantitative estimate of drug-likeness (QED) is 0.209. The van der Waals surface area contributed by atoms with Crippen molar-refractivity contribution < 1.29 is 55.6 Å². The van der Waals surface area contributed by atoms with E-state index >= 15 is 0 Å². The van der Waals surface area contributed by atoms with Crippen molar-refractivity contribution in [2.24, 2.45) is 25.9 Å². The minimum Gasteiger partial charge on any atom is -0.390 e. The molecule has 300 valence electrons. The maximum absolute atomic E-state index is 13.0. The molecular weight excluding hydrogens is 754 g/mol. The number of carbonyl (C=O) groups is 2. The number of anilines is 2. The van der Waals surface area contributed by atoms with Gasteiger partial charge < -0.3 is 30.3 Å². The van der Waals surface area contributed by atoms with E-state index in [4.69, 9.17) is 9.47 Å². The van der Waals surface area contributed by atoms with E-state index in [2.05, 4.69) is 30.8 Å². The molecule has 4 aromatic rings. The summed E-state index contributed by atoms with van der Waals surface area (Å²) < 4.78 is 92.3. The molecule has 4 aromatic heterocycles. The third-order valence-electron chi connectivity index (χ3n) is 10.8. The fourth-order valence-corrected chi connectivity index (χ4v) is 8.49. The number of pyridine rings is 2. The maximum Gasteiger partial charge on any atom is 0.416 e. The monoisotopic (exact) mass is 792 g/mol. The zero-order chi connectivity index (χ0) is 40.4. The summed E-state index contributed by atoms with van der Waals surface area (Å²) >= 11 is 0. The summed E-state index contributed by atoms with van der Waals surface area (Å²) in [4.78, 5) is 33.6. The fraction of sp³-hybridized carbons (Fsp3) is 0.500. The summed E-state index contributed by atoms with van der Waals surface area (Å²) in [5.41, 5.74) is 1.21. The molecule has 4 fully saturated rings. The average Bonchev–Trinajstić information content (AvgIpc) is 3.96. The lowest BCUT2D eigenvalue weighted by atomic mass is 9.74. The number of nitrogens with one attached hydrogen (secondary N) is 2. The minimum absolute atomic E-state index is 0.176. The van der Waals surface area contributed by atoms with E-state index < -0.39 is 95.6 Å². The molecule has 1 unspecified atom stereocenters. The van der Waals surface area contributed by atoms with Crippen molar-refractivity contribution in [3.05, 3.63) is 82.7 Å². The molecule has 0 aliphatic carbocycles. The largest absolute Gasteiger partial charge is 0.416 e. The number of hydrogen-bond donors (Lipinski definition) is 4. The number of aryl methyl sites for hydroxylation is 4. The number of hydrogen-bond acceptors (Lipinski definition) is 10. The van der Waals surface area contributed by atoms with E-state index in [1.807, 2.05) is 0 Å². The molecule has 4 bridgehead atoms. The summed E-state index contributed by atoms with van der Waals surface area (Å²) in [6.45, 7) is 3.61. The average molecular weight is 793 g/mol. The van der Waals surface area contributed by atoms with Crippen molar-refractivity contribution in [1.82, 2.24) is 29.5 Å². The zero-order valence-corrected chi connectivity index (χ0v) is 30.3. The molecule has 56 heavy (non-hydrogen) atoms. The molecule has 8 heterocycles. The Balaban J connectivity index is 0.000000172. The first kappa shape index (κ1) is 39.3. The lowest BCUT2D eigenvalue weighted by Crippen LogP contribution is -2.41. The second-order valence-corrected chi connectivity index (χ2v) is 14.5. The lowest BCUT2D eigenvalue weighted by molar-refractivity contribution is -0.138. The van der Waals surface area contributed by atoms with Gasteiger partial charge in [0.1, 0.15) is 11.6 Å². The Morgan fingerprint density at radius 1 is 0.714 bits per heavy atom. The van der Waals surface area contributed by atoms with Crippen molar-refractivity contribution in [2.45, 2.75) is 87.5 Å². The predicted octanol–water partition coefficient (Wildman–Crippen LogP) is 4.03. The molecule has 0 spiro atoms. The summed E-state index contributed by atoms with van der Waals surface area (Å²) in [7, 11) is 3.51. The van der Waals surface area contributed by atoms with Gasteiger partial charge in [-0.25, -0.2) is 9.97 Å². The number of halogens is 6. The Kier molecular flexibility index (Phi) is 10.2. The van der Waals surface area contributed by atoms with Gasteiger partial charge in [-0.2, -0.15) is 36.5 Å². The van der Waals surface area contributed by atoms with Gasteiger partial charge in [0.25, 0.3) is 0 Å². The van der Waals surface area contributed by atoms with Crippen LogP contribution in [0.25, 0.3) is 0 Å². The fourth-order valence-electron chi connectivity index (χ4n) is 8.49. The van der Waals surface area contributed by atoms with Crippen LogP contribution in [0.2, 0.25) is 0 Å². The van der Waals surface area contributed by atoms with Gasteiger partial charge in [0.15, 0.2) is 0 Å². The Morgan fingerprint density at radius 2 is 1.09 bits per heavy atom. The molecule has 0 radical (unpaired) electrons. The molecule has 20 heteroatoms. The number of aliphatic hydroxyl groups excluding tert-OH is 2. The van der Waals surface area contributed by atoms with Gasteiger partial charge in [0, 0.05) is 63.6 Å². The molecule has 0 saturated carbocycles. The number of aromatic nitrogens is 6. The SMILES string of the molecule is Cc1nn(C)cc1C1[C@@H]2O[C@@H](C[C@H]2O)[C@H]1C(=O)Nc1cc(C(F)(F)F)ccn1.Cc1nn(C)cc1[C@H]1[C@H]2O[C@H](C[C@@H]2O)[C@@H]1C(=O)Nc1cc(C(F)(F)F)ccn1. The van der Waals surface area contributed by atoms with Crippen molar-refractivity contribution in [2.75, 3.05) is 10.6 Å². The maximum atomic E-state index is 13.0. The van der Waals surface area contributed by atoms with Crippen LogP contribution in [0.15, 0.2) is 49.1 Å². The molecule has 10 atom stereocenters. The summed E-state index contributed by atoms with van der Waals surface area (Å²) in [6, 6.07) is 3.28. The highest BCUT2D eigenvalue weighted by Gasteiger charge is 2.59. The third kappa shape index (κ3) is 7.49. The number of fused-ring (bicyclic) bond motifs is 4. The van der Waals surface area contributed by atoms with Crippen molar-refractivity contribution in [3.8, 4) is 0 Å². The number of ether oxygens (including phenoxy) is 2. The molecular formula is C36H38F6N8O6. The van der Waals surface area contributed by atoms with E-state index in [0.717, 1.165) is 47.8 Å². The van der Waals surface area contributed by atoms with Crippen LogP contribution in [0.3, 0.4) is 0 Å². The standard InChI is InChI=1S/2C18H19F3N4O3/c2*1-8-10(7-25(2)24-8)14-15(12-6-11(26)16(14)28-12)17(27)23-13-5-9(3-4-22-13)18(19,20)21/h2*3-5,7,11-12,14-16,26H,6H2,1-2H3,(H,22,23,27)/t11-,12+,14?,15-,16-;11-,12+,14+,15-,16-/m10/s1. The van der Waals surface area contributed by atoms with Crippen molar-refractivity contribution >= 4 is 23.5 Å². The van der Waals surface area contributed by atoms with Crippen LogP contribution in [0.1, 0.15) is 58.3 Å². The van der Waals surface area contributed by atoms with E-state index in [1.54, 1.807) is 49.7 Å². The smallest absolute Gasteiger partial charge is 0.390 e. The summed E-state index contributed by atoms with van der Waals surface area (Å²) in [5, 5.41) is 34.0. The van der Waals surface area contributed by atoms with Gasteiger partial charge in [0.05, 0.1) is 71.0 Å². The Bertz CT molecular complexity index is 1980. The highest BCUT2D eigenvalue weighted by Crippen LogP contribution is 2.51. The second-order valence-electron chi connectivity index (χ2n) is 14.5. The Morgan fingerprint density at radius 3 is 1.41 bits per heavy atom. The van der Waals surface area contributed by atoms with E-state index in [9.17, 15) is 46.1 Å². The molecule has 0 aromatic carbocycles. The van der Waals surface area contributed by atoms with Gasteiger partial charge in [-0.1, -0.05) is 0 Å². The zero-order valence-electron chi connectivity index (χ0n) is 30.3. The van der Waals surface area contributed by atoms with Crippen molar-refractivity contribution in [3.63, 3.8) is 0 Å². The third-order valence-corrected chi connectivity index (χ3v) is 10.8. The van der Waals surface area contributed by atoms with Crippen LogP contribution >= 0.6 is 0 Å². The first-order valence-electron chi connectivity index (χ1n) is 17.7. The Labute approximate surface area is 315 Å². The summed E-state index contributed by atoms with van der Waals surface area (Å²) in [5.74, 6) is -3.52. The molecule has 8 rings (SSSR count). The van der Waals surface area contributed by atoms with Crippen LogP contribution in [-0.4, -0.2) is 88.2 Å². The number of alkyl halides is 6. The van der Waals surface area contributed by atoms with E-state index in [0.29, 0.717) is 24.2 Å². The first-order valence-corrected chi connectivity index (χ1v) is 17.7. The highest BCUT2D eigenvalue weighted by molar-refractivity contribution is 5.94. The second kappa shape index (κ2) is 14.5. The molecule has 2 amide bonds. The molecule has 14 nitrogen and oxygen atoms in total. The van der Waals surface area contributed by atoms with E-state index in [1.165, 1.54) is 0 Å². The number of nitrogens with zero attached hydrogens (tertiary/aromatic N) is 6. The summed E-state index contributed by atoms with van der Waals surface area (Å²) in [6.07, 6.45) is -6.46. The normalized spacial score (nSPS) is 29.3. The molecule has 4 aliphatic rings. The van der Waals surface area contributed by atoms with Crippen LogP contribution in [0, 0.1) is 25.7 Å². The lowest BCUT2D eigenvalue weighted by Gasteiger charge is -2.29. The van der Waals surface area contributed by atoms with Crippen LogP contribution in [0.5, 0.6) is 0 Å². The molecule has 4 aliphatic heterocycles. The van der Waals surface area contributed by atoms with Crippen LogP contribution < -0.4 is 10.6 Å². The first-order chi connectivity index (χ1) is 26.3. The number of carbonyl (C=O) groups excluding carboxylic acids is 2. The number of amides is 2. The highest BCUT2D eigenvalue weighted by atomic mass is 19.4. The van der Waals surface area contributed by atoms with Gasteiger partial charge >= 0.3 is 12.4 Å². The van der Waals surface area contributed by atoms with Crippen molar-refractivity contribution in [1.29, 1.82) is 0 Å². The van der Waals surface area contributed by atoms with Gasteiger partial charge in [-0.15, -0.1) is 0 Å². The Hall–Kier alpha value is -4.92. The number of rotatable bonds is 6. The minimum atomic E-state index is -4.53.